The number of hydrogen-bond donors (Lipinski definition) is 1. The minimum Gasteiger partial charge on any atom is -0.371 e. The number of nitrogens with one attached hydrogen (secondary N) is 1. The number of aromatic nitrogens is 1. The van der Waals surface area contributed by atoms with E-state index in [0.29, 0.717) is 6.04 Å². The highest BCUT2D eigenvalue weighted by Crippen LogP contribution is 2.31. The Morgan fingerprint density at radius 3 is 2.65 bits per heavy atom. The SMILES string of the molecule is Cc1cc(N(C)C2CC3CCC(C2)N3)ccn1. The van der Waals surface area contributed by atoms with Gasteiger partial charge in [0.1, 0.15) is 0 Å². The molecule has 92 valence electrons. The van der Waals surface area contributed by atoms with Crippen LogP contribution in [-0.4, -0.2) is 30.2 Å². The van der Waals surface area contributed by atoms with Crippen molar-refractivity contribution in [2.45, 2.75) is 50.7 Å². The van der Waals surface area contributed by atoms with Crippen molar-refractivity contribution in [3.63, 3.8) is 0 Å². The molecule has 0 spiro atoms. The minimum absolute atomic E-state index is 0.690. The lowest BCUT2D eigenvalue weighted by molar-refractivity contribution is 0.355. The molecule has 1 aromatic rings. The molecule has 1 aromatic heterocycles. The van der Waals surface area contributed by atoms with Gasteiger partial charge in [-0.2, -0.15) is 0 Å². The number of nitrogens with zero attached hydrogens (tertiary/aromatic N) is 2. The van der Waals surface area contributed by atoms with Gasteiger partial charge < -0.3 is 10.2 Å². The molecule has 2 unspecified atom stereocenters. The summed E-state index contributed by atoms with van der Waals surface area (Å²) in [5.74, 6) is 0. The molecular weight excluding hydrogens is 210 g/mol. The van der Waals surface area contributed by atoms with Crippen molar-refractivity contribution in [2.75, 3.05) is 11.9 Å². The van der Waals surface area contributed by atoms with Crippen LogP contribution in [-0.2, 0) is 0 Å². The fourth-order valence-electron chi connectivity index (χ4n) is 3.30. The highest BCUT2D eigenvalue weighted by molar-refractivity contribution is 5.46. The van der Waals surface area contributed by atoms with Crippen LogP contribution in [0.2, 0.25) is 0 Å². The van der Waals surface area contributed by atoms with E-state index in [1.165, 1.54) is 31.4 Å². The van der Waals surface area contributed by atoms with Crippen LogP contribution in [0.25, 0.3) is 0 Å². The molecule has 2 atom stereocenters. The van der Waals surface area contributed by atoms with Crippen LogP contribution in [0, 0.1) is 6.92 Å². The topological polar surface area (TPSA) is 28.2 Å². The summed E-state index contributed by atoms with van der Waals surface area (Å²) in [4.78, 5) is 6.72. The summed E-state index contributed by atoms with van der Waals surface area (Å²) >= 11 is 0. The molecule has 0 saturated carbocycles. The van der Waals surface area contributed by atoms with E-state index in [-0.39, 0.29) is 0 Å². The van der Waals surface area contributed by atoms with Gasteiger partial charge in [0.2, 0.25) is 0 Å². The molecule has 2 aliphatic rings. The molecule has 3 nitrogen and oxygen atoms in total. The van der Waals surface area contributed by atoms with Crippen molar-refractivity contribution < 1.29 is 0 Å². The molecule has 3 heterocycles. The predicted molar refractivity (Wildman–Crippen MR) is 70.3 cm³/mol. The van der Waals surface area contributed by atoms with Gasteiger partial charge in [-0.3, -0.25) is 4.98 Å². The zero-order chi connectivity index (χ0) is 11.8. The first-order valence-corrected chi connectivity index (χ1v) is 6.64. The van der Waals surface area contributed by atoms with Crippen molar-refractivity contribution in [3.8, 4) is 0 Å². The normalized spacial score (nSPS) is 31.5. The number of anilines is 1. The Hall–Kier alpha value is -1.09. The lowest BCUT2D eigenvalue weighted by Gasteiger charge is -2.37. The molecular formula is C14H21N3. The maximum absolute atomic E-state index is 4.27. The van der Waals surface area contributed by atoms with Crippen LogP contribution in [0.3, 0.4) is 0 Å². The Bertz CT molecular complexity index is 392. The van der Waals surface area contributed by atoms with Gasteiger partial charge in [0, 0.05) is 42.8 Å². The first kappa shape index (κ1) is 11.0. The lowest BCUT2D eigenvalue weighted by Crippen LogP contribution is -2.47. The number of piperidine rings is 1. The molecule has 17 heavy (non-hydrogen) atoms. The monoisotopic (exact) mass is 231 g/mol. The van der Waals surface area contributed by atoms with E-state index in [2.05, 4.69) is 41.3 Å². The van der Waals surface area contributed by atoms with Crippen LogP contribution in [0.4, 0.5) is 5.69 Å². The summed E-state index contributed by atoms with van der Waals surface area (Å²) in [6.45, 7) is 2.06. The number of rotatable bonds is 2. The van der Waals surface area contributed by atoms with E-state index in [1.54, 1.807) is 0 Å². The second kappa shape index (κ2) is 4.30. The summed E-state index contributed by atoms with van der Waals surface area (Å²) in [7, 11) is 2.23. The summed E-state index contributed by atoms with van der Waals surface area (Å²) in [5.41, 5.74) is 2.41. The van der Waals surface area contributed by atoms with E-state index < -0.39 is 0 Å². The zero-order valence-corrected chi connectivity index (χ0v) is 10.7. The molecule has 1 N–H and O–H groups in total. The molecule has 0 radical (unpaired) electrons. The molecule has 3 heteroatoms. The van der Waals surface area contributed by atoms with Crippen molar-refractivity contribution >= 4 is 5.69 Å². The fourth-order valence-corrected chi connectivity index (χ4v) is 3.30. The quantitative estimate of drug-likeness (QED) is 0.845. The summed E-state index contributed by atoms with van der Waals surface area (Å²) in [6.07, 6.45) is 7.22. The van der Waals surface area contributed by atoms with E-state index in [4.69, 9.17) is 0 Å². The van der Waals surface area contributed by atoms with Gasteiger partial charge in [-0.1, -0.05) is 0 Å². The van der Waals surface area contributed by atoms with Gasteiger partial charge in [0.05, 0.1) is 0 Å². The Morgan fingerprint density at radius 2 is 2.00 bits per heavy atom. The molecule has 0 aliphatic carbocycles. The van der Waals surface area contributed by atoms with Crippen molar-refractivity contribution in [3.05, 3.63) is 24.0 Å². The highest BCUT2D eigenvalue weighted by Gasteiger charge is 2.35. The average Bonchev–Trinajstić information content (AvgIpc) is 2.67. The lowest BCUT2D eigenvalue weighted by atomic mass is 9.98. The number of pyridine rings is 1. The first-order chi connectivity index (χ1) is 8.22. The van der Waals surface area contributed by atoms with Crippen LogP contribution < -0.4 is 10.2 Å². The number of hydrogen-bond acceptors (Lipinski definition) is 3. The van der Waals surface area contributed by atoms with E-state index >= 15 is 0 Å². The maximum Gasteiger partial charge on any atom is 0.0399 e. The first-order valence-electron chi connectivity index (χ1n) is 6.64. The second-order valence-electron chi connectivity index (χ2n) is 5.53. The van der Waals surface area contributed by atoms with Gasteiger partial charge in [-0.25, -0.2) is 0 Å². The number of fused-ring (bicyclic) bond motifs is 2. The third-order valence-electron chi connectivity index (χ3n) is 4.28. The van der Waals surface area contributed by atoms with Crippen LogP contribution >= 0.6 is 0 Å². The van der Waals surface area contributed by atoms with Gasteiger partial charge in [0.15, 0.2) is 0 Å². The van der Waals surface area contributed by atoms with Crippen molar-refractivity contribution in [1.29, 1.82) is 0 Å². The van der Waals surface area contributed by atoms with E-state index in [0.717, 1.165) is 17.8 Å². The molecule has 0 amide bonds. The summed E-state index contributed by atoms with van der Waals surface area (Å²) in [6, 6.07) is 6.50. The van der Waals surface area contributed by atoms with Gasteiger partial charge in [-0.15, -0.1) is 0 Å². The summed E-state index contributed by atoms with van der Waals surface area (Å²) in [5, 5.41) is 3.70. The molecule has 2 aliphatic heterocycles. The zero-order valence-electron chi connectivity index (χ0n) is 10.7. The Morgan fingerprint density at radius 1 is 1.29 bits per heavy atom. The summed E-state index contributed by atoms with van der Waals surface area (Å²) < 4.78 is 0. The van der Waals surface area contributed by atoms with E-state index in [9.17, 15) is 0 Å². The molecule has 2 saturated heterocycles. The second-order valence-corrected chi connectivity index (χ2v) is 5.53. The standard InChI is InChI=1S/C14H21N3/c1-10-7-13(5-6-15-10)17(2)14-8-11-3-4-12(9-14)16-11/h5-7,11-12,14,16H,3-4,8-9H2,1-2H3. The fraction of sp³-hybridized carbons (Fsp3) is 0.643. The maximum atomic E-state index is 4.27. The van der Waals surface area contributed by atoms with Crippen LogP contribution in [0.15, 0.2) is 18.3 Å². The molecule has 2 bridgehead atoms. The Labute approximate surface area is 103 Å². The highest BCUT2D eigenvalue weighted by atomic mass is 15.2. The van der Waals surface area contributed by atoms with Gasteiger partial charge in [0.25, 0.3) is 0 Å². The molecule has 0 aromatic carbocycles. The third kappa shape index (κ3) is 2.16. The van der Waals surface area contributed by atoms with Gasteiger partial charge in [-0.05, 0) is 44.7 Å². The van der Waals surface area contributed by atoms with Gasteiger partial charge >= 0.3 is 0 Å². The van der Waals surface area contributed by atoms with Crippen molar-refractivity contribution in [2.24, 2.45) is 0 Å². The number of aryl methyl sites for hydroxylation is 1. The third-order valence-corrected chi connectivity index (χ3v) is 4.28. The Balaban J connectivity index is 1.76. The van der Waals surface area contributed by atoms with E-state index in [1.807, 2.05) is 6.20 Å². The molecule has 2 fully saturated rings. The van der Waals surface area contributed by atoms with Crippen molar-refractivity contribution in [1.82, 2.24) is 10.3 Å². The largest absolute Gasteiger partial charge is 0.371 e. The van der Waals surface area contributed by atoms with Crippen LogP contribution in [0.5, 0.6) is 0 Å². The predicted octanol–water partition coefficient (Wildman–Crippen LogP) is 2.11. The smallest absolute Gasteiger partial charge is 0.0399 e. The molecule has 3 rings (SSSR count). The minimum atomic E-state index is 0.690. The van der Waals surface area contributed by atoms with Crippen LogP contribution in [0.1, 0.15) is 31.4 Å². The average molecular weight is 231 g/mol. The Kier molecular flexibility index (Phi) is 2.79.